The number of nitrogens with one attached hydrogen (secondary N) is 1. The second kappa shape index (κ2) is 6.13. The number of hydrogen-bond acceptors (Lipinski definition) is 3. The lowest BCUT2D eigenvalue weighted by Crippen LogP contribution is -2.29. The van der Waals surface area contributed by atoms with Crippen molar-refractivity contribution in [1.82, 2.24) is 15.1 Å². The summed E-state index contributed by atoms with van der Waals surface area (Å²) in [6.45, 7) is 0.647. The standard InChI is InChI=1S/C15H18N4S/c1-19-8-7-13(18-19)10-16-15-17-14(11-20-15)9-12-5-3-2-4-6-12/h2-8,14H,9-11H2,1H3,(H,16,17). The molecule has 0 bridgehead atoms. The zero-order chi connectivity index (χ0) is 13.8. The van der Waals surface area contributed by atoms with Crippen molar-refractivity contribution in [3.8, 4) is 0 Å². The molecule has 0 aliphatic carbocycles. The second-order valence-corrected chi connectivity index (χ2v) is 5.95. The van der Waals surface area contributed by atoms with Crippen LogP contribution in [0.3, 0.4) is 0 Å². The molecule has 1 unspecified atom stereocenters. The minimum absolute atomic E-state index is 0.477. The molecule has 1 N–H and O–H groups in total. The van der Waals surface area contributed by atoms with E-state index in [4.69, 9.17) is 0 Å². The maximum Gasteiger partial charge on any atom is 0.157 e. The van der Waals surface area contributed by atoms with Crippen molar-refractivity contribution < 1.29 is 0 Å². The summed E-state index contributed by atoms with van der Waals surface area (Å²) in [6.07, 6.45) is 3.00. The monoisotopic (exact) mass is 286 g/mol. The molecule has 5 heteroatoms. The minimum Gasteiger partial charge on any atom is -0.361 e. The summed E-state index contributed by atoms with van der Waals surface area (Å²) in [4.78, 5) is 4.59. The van der Waals surface area contributed by atoms with Crippen LogP contribution in [0.25, 0.3) is 0 Å². The smallest absolute Gasteiger partial charge is 0.157 e. The van der Waals surface area contributed by atoms with Crippen molar-refractivity contribution in [2.75, 3.05) is 5.75 Å². The first-order valence-corrected chi connectivity index (χ1v) is 7.74. The van der Waals surface area contributed by atoms with Gasteiger partial charge in [0.25, 0.3) is 0 Å². The maximum atomic E-state index is 4.59. The molecule has 0 saturated carbocycles. The molecule has 104 valence electrons. The van der Waals surface area contributed by atoms with Gasteiger partial charge >= 0.3 is 0 Å². The van der Waals surface area contributed by atoms with Gasteiger partial charge in [0.05, 0.1) is 12.2 Å². The third-order valence-corrected chi connectivity index (χ3v) is 4.32. The Kier molecular flexibility index (Phi) is 4.06. The average molecular weight is 286 g/mol. The van der Waals surface area contributed by atoms with Gasteiger partial charge in [-0.2, -0.15) is 5.10 Å². The highest BCUT2D eigenvalue weighted by atomic mass is 32.2. The molecule has 1 fully saturated rings. The number of aryl methyl sites for hydroxylation is 1. The molecular weight excluding hydrogens is 268 g/mol. The van der Waals surface area contributed by atoms with Crippen LogP contribution < -0.4 is 5.32 Å². The van der Waals surface area contributed by atoms with E-state index < -0.39 is 0 Å². The summed E-state index contributed by atoms with van der Waals surface area (Å²) in [5, 5.41) is 8.86. The van der Waals surface area contributed by atoms with Gasteiger partial charge in [-0.3, -0.25) is 9.67 Å². The zero-order valence-electron chi connectivity index (χ0n) is 11.5. The first-order chi connectivity index (χ1) is 9.79. The topological polar surface area (TPSA) is 42.2 Å². The van der Waals surface area contributed by atoms with Crippen LogP contribution in [0.5, 0.6) is 0 Å². The predicted octanol–water partition coefficient (Wildman–Crippen LogP) is 2.22. The highest BCUT2D eigenvalue weighted by Gasteiger charge is 2.20. The van der Waals surface area contributed by atoms with E-state index in [-0.39, 0.29) is 0 Å². The van der Waals surface area contributed by atoms with Crippen LogP contribution in [-0.2, 0) is 20.0 Å². The Morgan fingerprint density at radius 1 is 1.35 bits per heavy atom. The van der Waals surface area contributed by atoms with Crippen LogP contribution in [0.1, 0.15) is 11.3 Å². The molecule has 2 aromatic rings. The number of aliphatic imine (C=N–C) groups is 1. The molecule has 4 nitrogen and oxygen atoms in total. The molecule has 3 rings (SSSR count). The summed E-state index contributed by atoms with van der Waals surface area (Å²) in [5.74, 6) is 1.08. The van der Waals surface area contributed by atoms with E-state index in [9.17, 15) is 0 Å². The summed E-state index contributed by atoms with van der Waals surface area (Å²) < 4.78 is 1.81. The first kappa shape index (κ1) is 13.2. The summed E-state index contributed by atoms with van der Waals surface area (Å²) in [6, 6.07) is 13.1. The normalized spacial score (nSPS) is 20.2. The Hall–Kier alpha value is -1.75. The van der Waals surface area contributed by atoms with Crippen molar-refractivity contribution in [2.45, 2.75) is 19.0 Å². The molecule has 0 amide bonds. The Morgan fingerprint density at radius 2 is 2.20 bits per heavy atom. The van der Waals surface area contributed by atoms with Gasteiger partial charge in [0.1, 0.15) is 0 Å². The van der Waals surface area contributed by atoms with Crippen molar-refractivity contribution in [3.05, 3.63) is 53.9 Å². The Labute approximate surface area is 123 Å². The summed E-state index contributed by atoms with van der Waals surface area (Å²) in [5.41, 5.74) is 2.38. The molecule has 2 heterocycles. The van der Waals surface area contributed by atoms with Crippen molar-refractivity contribution in [3.63, 3.8) is 0 Å². The second-order valence-electron chi connectivity index (χ2n) is 4.94. The average Bonchev–Trinajstić information content (AvgIpc) is 3.07. The molecule has 1 aliphatic heterocycles. The van der Waals surface area contributed by atoms with Gasteiger partial charge in [0.2, 0.25) is 0 Å². The van der Waals surface area contributed by atoms with Gasteiger partial charge in [-0.05, 0) is 18.1 Å². The fraction of sp³-hybridized carbons (Fsp3) is 0.333. The van der Waals surface area contributed by atoms with Gasteiger partial charge in [0, 0.05) is 25.0 Å². The first-order valence-electron chi connectivity index (χ1n) is 6.76. The van der Waals surface area contributed by atoms with E-state index in [1.807, 2.05) is 24.0 Å². The van der Waals surface area contributed by atoms with Crippen LogP contribution in [0, 0.1) is 0 Å². The van der Waals surface area contributed by atoms with Crippen molar-refractivity contribution in [2.24, 2.45) is 12.0 Å². The SMILES string of the molecule is Cn1ccc(CN=C2NC(Cc3ccccc3)CS2)n1. The lowest BCUT2D eigenvalue weighted by atomic mass is 10.1. The van der Waals surface area contributed by atoms with Gasteiger partial charge in [0.15, 0.2) is 5.17 Å². The summed E-state index contributed by atoms with van der Waals surface area (Å²) in [7, 11) is 1.93. The van der Waals surface area contributed by atoms with E-state index in [1.54, 1.807) is 11.8 Å². The highest BCUT2D eigenvalue weighted by Crippen LogP contribution is 2.17. The van der Waals surface area contributed by atoms with Crippen molar-refractivity contribution >= 4 is 16.9 Å². The quantitative estimate of drug-likeness (QED) is 0.937. The lowest BCUT2D eigenvalue weighted by molar-refractivity contribution is 0.685. The number of hydrogen-bond donors (Lipinski definition) is 1. The highest BCUT2D eigenvalue weighted by molar-refractivity contribution is 8.14. The van der Waals surface area contributed by atoms with E-state index in [1.165, 1.54) is 5.56 Å². The van der Waals surface area contributed by atoms with Gasteiger partial charge in [-0.1, -0.05) is 42.1 Å². The molecular formula is C15H18N4S. The van der Waals surface area contributed by atoms with Crippen LogP contribution in [0.2, 0.25) is 0 Å². The number of thioether (sulfide) groups is 1. The fourth-order valence-electron chi connectivity index (χ4n) is 2.24. The molecule has 1 atom stereocenters. The van der Waals surface area contributed by atoms with Gasteiger partial charge < -0.3 is 5.32 Å². The number of nitrogens with zero attached hydrogens (tertiary/aromatic N) is 3. The molecule has 1 aromatic heterocycles. The van der Waals surface area contributed by atoms with E-state index in [0.29, 0.717) is 12.6 Å². The fourth-order valence-corrected chi connectivity index (χ4v) is 3.20. The molecule has 20 heavy (non-hydrogen) atoms. The Balaban J connectivity index is 1.54. The number of rotatable bonds is 4. The van der Waals surface area contributed by atoms with E-state index in [0.717, 1.165) is 23.0 Å². The van der Waals surface area contributed by atoms with Gasteiger partial charge in [-0.25, -0.2) is 0 Å². The largest absolute Gasteiger partial charge is 0.361 e. The van der Waals surface area contributed by atoms with Crippen LogP contribution in [-0.4, -0.2) is 26.7 Å². The zero-order valence-corrected chi connectivity index (χ0v) is 12.3. The van der Waals surface area contributed by atoms with Crippen molar-refractivity contribution in [1.29, 1.82) is 0 Å². The molecule has 0 radical (unpaired) electrons. The summed E-state index contributed by atoms with van der Waals surface area (Å²) >= 11 is 1.80. The number of aromatic nitrogens is 2. The number of amidine groups is 1. The van der Waals surface area contributed by atoms with Crippen LogP contribution in [0.4, 0.5) is 0 Å². The minimum atomic E-state index is 0.477. The van der Waals surface area contributed by atoms with Crippen LogP contribution >= 0.6 is 11.8 Å². The lowest BCUT2D eigenvalue weighted by Gasteiger charge is -2.09. The van der Waals surface area contributed by atoms with Crippen LogP contribution in [0.15, 0.2) is 47.6 Å². The Morgan fingerprint density at radius 3 is 2.95 bits per heavy atom. The Bertz CT molecular complexity index is 591. The van der Waals surface area contributed by atoms with E-state index in [2.05, 4.69) is 45.7 Å². The molecule has 1 saturated heterocycles. The molecule has 1 aliphatic rings. The third kappa shape index (κ3) is 3.42. The molecule has 0 spiro atoms. The number of benzene rings is 1. The van der Waals surface area contributed by atoms with E-state index >= 15 is 0 Å². The van der Waals surface area contributed by atoms with Gasteiger partial charge in [-0.15, -0.1) is 0 Å². The maximum absolute atomic E-state index is 4.59. The predicted molar refractivity (Wildman–Crippen MR) is 83.9 cm³/mol. The molecule has 1 aromatic carbocycles. The third-order valence-electron chi connectivity index (χ3n) is 3.23.